The van der Waals surface area contributed by atoms with Crippen LogP contribution in [0, 0.1) is 0 Å². The summed E-state index contributed by atoms with van der Waals surface area (Å²) in [6.45, 7) is 4.13. The Morgan fingerprint density at radius 1 is 1.19 bits per heavy atom. The molecule has 0 unspecified atom stereocenters. The van der Waals surface area contributed by atoms with Crippen LogP contribution in [0.2, 0.25) is 0 Å². The highest BCUT2D eigenvalue weighted by Crippen LogP contribution is 2.15. The molecule has 21 heavy (non-hydrogen) atoms. The van der Waals surface area contributed by atoms with Crippen molar-refractivity contribution in [2.45, 2.75) is 33.0 Å². The Hall–Kier alpha value is -2.36. The number of pyridine rings is 1. The monoisotopic (exact) mass is 285 g/mol. The van der Waals surface area contributed by atoms with Gasteiger partial charge in [-0.25, -0.2) is 0 Å². The molecule has 1 heterocycles. The van der Waals surface area contributed by atoms with Crippen molar-refractivity contribution in [1.82, 2.24) is 4.98 Å². The van der Waals surface area contributed by atoms with Gasteiger partial charge in [0.2, 0.25) is 0 Å². The average molecular weight is 285 g/mol. The first-order chi connectivity index (χ1) is 10.1. The third kappa shape index (κ3) is 5.26. The van der Waals surface area contributed by atoms with E-state index in [2.05, 4.69) is 4.98 Å². The minimum absolute atomic E-state index is 0.108. The van der Waals surface area contributed by atoms with Crippen LogP contribution in [0.5, 0.6) is 5.75 Å². The van der Waals surface area contributed by atoms with Crippen LogP contribution in [0.15, 0.2) is 48.7 Å². The Bertz CT molecular complexity index is 582. The fourth-order valence-corrected chi connectivity index (χ4v) is 1.86. The highest BCUT2D eigenvalue weighted by Gasteiger charge is 2.07. The van der Waals surface area contributed by atoms with Gasteiger partial charge in [0.1, 0.15) is 12.4 Å². The number of hydrogen-bond acceptors (Lipinski definition) is 4. The SMILES string of the molecule is CC(C)Oc1cccc(CC(=O)OCc2ccccn2)c1. The summed E-state index contributed by atoms with van der Waals surface area (Å²) in [5, 5.41) is 0. The predicted octanol–water partition coefficient (Wildman–Crippen LogP) is 3.15. The number of carbonyl (C=O) groups excluding carboxylic acids is 1. The number of carbonyl (C=O) groups is 1. The van der Waals surface area contributed by atoms with Crippen molar-refractivity contribution in [3.05, 3.63) is 59.9 Å². The summed E-state index contributed by atoms with van der Waals surface area (Å²) in [5.41, 5.74) is 1.61. The van der Waals surface area contributed by atoms with Gasteiger partial charge in [-0.05, 0) is 43.7 Å². The molecular weight excluding hydrogens is 266 g/mol. The van der Waals surface area contributed by atoms with Crippen LogP contribution in [-0.2, 0) is 22.6 Å². The standard InChI is InChI=1S/C17H19NO3/c1-13(2)21-16-8-5-6-14(10-16)11-17(19)20-12-15-7-3-4-9-18-15/h3-10,13H,11-12H2,1-2H3. The number of ether oxygens (including phenoxy) is 2. The quantitative estimate of drug-likeness (QED) is 0.765. The van der Waals surface area contributed by atoms with E-state index in [9.17, 15) is 4.79 Å². The highest BCUT2D eigenvalue weighted by molar-refractivity contribution is 5.72. The lowest BCUT2D eigenvalue weighted by Crippen LogP contribution is -2.09. The molecule has 0 amide bonds. The third-order valence-corrected chi connectivity index (χ3v) is 2.73. The predicted molar refractivity (Wildman–Crippen MR) is 79.9 cm³/mol. The van der Waals surface area contributed by atoms with Gasteiger partial charge in [-0.3, -0.25) is 9.78 Å². The molecule has 2 aromatic rings. The molecule has 4 heteroatoms. The first kappa shape index (κ1) is 15.0. The fourth-order valence-electron chi connectivity index (χ4n) is 1.86. The third-order valence-electron chi connectivity index (χ3n) is 2.73. The summed E-state index contributed by atoms with van der Waals surface area (Å²) in [5.74, 6) is 0.488. The molecule has 0 saturated carbocycles. The second-order valence-corrected chi connectivity index (χ2v) is 4.97. The molecule has 1 aromatic heterocycles. The zero-order valence-electron chi connectivity index (χ0n) is 12.3. The Labute approximate surface area is 124 Å². The molecule has 0 aliphatic heterocycles. The van der Waals surface area contributed by atoms with Crippen LogP contribution >= 0.6 is 0 Å². The lowest BCUT2D eigenvalue weighted by Gasteiger charge is -2.10. The van der Waals surface area contributed by atoms with Gasteiger partial charge in [0.15, 0.2) is 0 Å². The Balaban J connectivity index is 1.87. The van der Waals surface area contributed by atoms with Crippen molar-refractivity contribution in [3.63, 3.8) is 0 Å². The van der Waals surface area contributed by atoms with Gasteiger partial charge in [0.05, 0.1) is 18.2 Å². The second-order valence-electron chi connectivity index (χ2n) is 4.97. The molecule has 0 bridgehead atoms. The van der Waals surface area contributed by atoms with E-state index in [1.165, 1.54) is 0 Å². The molecule has 0 saturated heterocycles. The van der Waals surface area contributed by atoms with E-state index in [1.54, 1.807) is 6.20 Å². The Morgan fingerprint density at radius 3 is 2.76 bits per heavy atom. The maximum atomic E-state index is 11.8. The average Bonchev–Trinajstić information content (AvgIpc) is 2.46. The van der Waals surface area contributed by atoms with Crippen LogP contribution in [0.4, 0.5) is 0 Å². The minimum Gasteiger partial charge on any atom is -0.491 e. The number of benzene rings is 1. The van der Waals surface area contributed by atoms with E-state index in [0.29, 0.717) is 0 Å². The van der Waals surface area contributed by atoms with E-state index in [4.69, 9.17) is 9.47 Å². The molecule has 2 rings (SSSR count). The van der Waals surface area contributed by atoms with Crippen LogP contribution in [0.25, 0.3) is 0 Å². The number of nitrogens with zero attached hydrogens (tertiary/aromatic N) is 1. The summed E-state index contributed by atoms with van der Waals surface area (Å²) < 4.78 is 10.8. The minimum atomic E-state index is -0.276. The molecule has 0 N–H and O–H groups in total. The maximum absolute atomic E-state index is 11.8. The summed E-state index contributed by atoms with van der Waals surface area (Å²) in [6, 6.07) is 13.0. The lowest BCUT2D eigenvalue weighted by atomic mass is 10.1. The van der Waals surface area contributed by atoms with Crippen molar-refractivity contribution in [3.8, 4) is 5.75 Å². The molecule has 0 fully saturated rings. The first-order valence-electron chi connectivity index (χ1n) is 6.94. The summed E-state index contributed by atoms with van der Waals surface area (Å²) in [7, 11) is 0. The van der Waals surface area contributed by atoms with Crippen molar-refractivity contribution >= 4 is 5.97 Å². The van der Waals surface area contributed by atoms with Gasteiger partial charge in [-0.1, -0.05) is 18.2 Å². The molecular formula is C17H19NO3. The van der Waals surface area contributed by atoms with E-state index in [0.717, 1.165) is 17.0 Å². The molecule has 0 aliphatic rings. The van der Waals surface area contributed by atoms with Crippen LogP contribution in [-0.4, -0.2) is 17.1 Å². The molecule has 0 spiro atoms. The summed E-state index contributed by atoms with van der Waals surface area (Å²) in [6.07, 6.45) is 2.01. The first-order valence-corrected chi connectivity index (χ1v) is 6.94. The number of rotatable bonds is 6. The molecule has 1 aromatic carbocycles. The molecule has 0 radical (unpaired) electrons. The normalized spacial score (nSPS) is 10.4. The number of esters is 1. The summed E-state index contributed by atoms with van der Waals surface area (Å²) in [4.78, 5) is 15.9. The lowest BCUT2D eigenvalue weighted by molar-refractivity contribution is -0.144. The van der Waals surface area contributed by atoms with Gasteiger partial charge >= 0.3 is 5.97 Å². The largest absolute Gasteiger partial charge is 0.491 e. The second kappa shape index (κ2) is 7.43. The zero-order chi connectivity index (χ0) is 15.1. The topological polar surface area (TPSA) is 48.4 Å². The number of aromatic nitrogens is 1. The van der Waals surface area contributed by atoms with Crippen molar-refractivity contribution in [1.29, 1.82) is 0 Å². The summed E-state index contributed by atoms with van der Waals surface area (Å²) >= 11 is 0. The van der Waals surface area contributed by atoms with E-state index in [1.807, 2.05) is 56.3 Å². The van der Waals surface area contributed by atoms with Crippen LogP contribution in [0.1, 0.15) is 25.1 Å². The van der Waals surface area contributed by atoms with E-state index in [-0.39, 0.29) is 25.1 Å². The molecule has 110 valence electrons. The van der Waals surface area contributed by atoms with Crippen molar-refractivity contribution in [2.24, 2.45) is 0 Å². The van der Waals surface area contributed by atoms with Gasteiger partial charge in [0.25, 0.3) is 0 Å². The fraction of sp³-hybridized carbons (Fsp3) is 0.294. The van der Waals surface area contributed by atoms with Gasteiger partial charge in [-0.2, -0.15) is 0 Å². The zero-order valence-corrected chi connectivity index (χ0v) is 12.3. The Kier molecular flexibility index (Phi) is 5.32. The van der Waals surface area contributed by atoms with Gasteiger partial charge < -0.3 is 9.47 Å². The van der Waals surface area contributed by atoms with Gasteiger partial charge in [-0.15, -0.1) is 0 Å². The number of hydrogen-bond donors (Lipinski definition) is 0. The Morgan fingerprint density at radius 2 is 2.05 bits per heavy atom. The maximum Gasteiger partial charge on any atom is 0.310 e. The van der Waals surface area contributed by atoms with E-state index >= 15 is 0 Å². The van der Waals surface area contributed by atoms with Crippen molar-refractivity contribution in [2.75, 3.05) is 0 Å². The molecule has 0 atom stereocenters. The smallest absolute Gasteiger partial charge is 0.310 e. The highest BCUT2D eigenvalue weighted by atomic mass is 16.5. The van der Waals surface area contributed by atoms with E-state index < -0.39 is 0 Å². The van der Waals surface area contributed by atoms with Crippen molar-refractivity contribution < 1.29 is 14.3 Å². The van der Waals surface area contributed by atoms with Gasteiger partial charge in [0, 0.05) is 6.20 Å². The van der Waals surface area contributed by atoms with Crippen LogP contribution in [0.3, 0.4) is 0 Å². The molecule has 4 nitrogen and oxygen atoms in total. The van der Waals surface area contributed by atoms with Crippen LogP contribution < -0.4 is 4.74 Å². The molecule has 0 aliphatic carbocycles.